The highest BCUT2D eigenvalue weighted by Gasteiger charge is 2.41. The first-order chi connectivity index (χ1) is 9.83. The van der Waals surface area contributed by atoms with Crippen LogP contribution >= 0.6 is 0 Å². The van der Waals surface area contributed by atoms with Crippen molar-refractivity contribution in [1.82, 2.24) is 5.32 Å². The molecule has 20 heavy (non-hydrogen) atoms. The summed E-state index contributed by atoms with van der Waals surface area (Å²) in [6, 6.07) is 11.9. The van der Waals surface area contributed by atoms with Gasteiger partial charge in [0.25, 0.3) is 0 Å². The van der Waals surface area contributed by atoms with Crippen LogP contribution in [-0.4, -0.2) is 12.6 Å². The van der Waals surface area contributed by atoms with E-state index in [4.69, 9.17) is 0 Å². The fourth-order valence-corrected chi connectivity index (χ4v) is 4.03. The van der Waals surface area contributed by atoms with E-state index in [9.17, 15) is 0 Å². The van der Waals surface area contributed by atoms with Crippen molar-refractivity contribution >= 4 is 0 Å². The third-order valence-electron chi connectivity index (χ3n) is 5.06. The van der Waals surface area contributed by atoms with Crippen molar-refractivity contribution < 1.29 is 0 Å². The Morgan fingerprint density at radius 1 is 1.05 bits per heavy atom. The Labute approximate surface area is 125 Å². The largest absolute Gasteiger partial charge is 0.313 e. The van der Waals surface area contributed by atoms with Gasteiger partial charge in [-0.25, -0.2) is 0 Å². The van der Waals surface area contributed by atoms with Gasteiger partial charge in [0.15, 0.2) is 0 Å². The second-order valence-electron chi connectivity index (χ2n) is 6.34. The monoisotopic (exact) mass is 273 g/mol. The van der Waals surface area contributed by atoms with Crippen LogP contribution in [0.1, 0.15) is 70.8 Å². The van der Waals surface area contributed by atoms with Gasteiger partial charge in [0, 0.05) is 11.5 Å². The summed E-state index contributed by atoms with van der Waals surface area (Å²) in [5.74, 6) is 0. The van der Waals surface area contributed by atoms with Gasteiger partial charge >= 0.3 is 0 Å². The molecule has 1 aromatic carbocycles. The third kappa shape index (κ3) is 3.44. The average molecular weight is 273 g/mol. The van der Waals surface area contributed by atoms with Gasteiger partial charge in [-0.3, -0.25) is 0 Å². The number of hydrogen-bond acceptors (Lipinski definition) is 1. The van der Waals surface area contributed by atoms with Gasteiger partial charge in [0.1, 0.15) is 0 Å². The first kappa shape index (κ1) is 15.6. The highest BCUT2D eigenvalue weighted by Crippen LogP contribution is 2.45. The maximum Gasteiger partial charge on any atom is 0.0164 e. The lowest BCUT2D eigenvalue weighted by Crippen LogP contribution is -2.47. The first-order valence-electron chi connectivity index (χ1n) is 8.62. The molecule has 1 heteroatoms. The van der Waals surface area contributed by atoms with Crippen LogP contribution in [0.2, 0.25) is 0 Å². The number of rotatable bonds is 8. The number of likely N-dealkylation sites (N-methyl/N-ethyl adjacent to an activating group) is 1. The molecule has 2 rings (SSSR count). The van der Waals surface area contributed by atoms with Crippen molar-refractivity contribution in [3.05, 3.63) is 35.9 Å². The topological polar surface area (TPSA) is 12.0 Å². The molecule has 0 heterocycles. The second-order valence-corrected chi connectivity index (χ2v) is 6.34. The Bertz CT molecular complexity index is 365. The van der Waals surface area contributed by atoms with Gasteiger partial charge in [-0.2, -0.15) is 0 Å². The fraction of sp³-hybridized carbons (Fsp3) is 0.684. The smallest absolute Gasteiger partial charge is 0.0164 e. The summed E-state index contributed by atoms with van der Waals surface area (Å²) in [6.45, 7) is 5.64. The molecule has 0 aliphatic heterocycles. The summed E-state index contributed by atoms with van der Waals surface area (Å²) in [6.07, 6.45) is 10.9. The lowest BCUT2D eigenvalue weighted by atomic mass is 9.71. The molecular formula is C19H31N. The lowest BCUT2D eigenvalue weighted by Gasteiger charge is -2.39. The summed E-state index contributed by atoms with van der Waals surface area (Å²) in [5.41, 5.74) is 1.96. The minimum Gasteiger partial charge on any atom is -0.313 e. The molecule has 1 aliphatic carbocycles. The predicted molar refractivity (Wildman–Crippen MR) is 88.2 cm³/mol. The molecule has 0 bridgehead atoms. The first-order valence-corrected chi connectivity index (χ1v) is 8.62. The van der Waals surface area contributed by atoms with Gasteiger partial charge in [-0.1, -0.05) is 76.3 Å². The Balaban J connectivity index is 2.19. The van der Waals surface area contributed by atoms with Crippen LogP contribution in [0.15, 0.2) is 30.3 Å². The maximum atomic E-state index is 3.82. The SMILES string of the molecule is CCCCCC(NCC)C1(c2ccccc2)CCCC1. The molecule has 0 aromatic heterocycles. The van der Waals surface area contributed by atoms with Gasteiger partial charge in [-0.05, 0) is 31.4 Å². The summed E-state index contributed by atoms with van der Waals surface area (Å²) >= 11 is 0. The van der Waals surface area contributed by atoms with E-state index in [2.05, 4.69) is 49.5 Å². The van der Waals surface area contributed by atoms with Crippen LogP contribution in [-0.2, 0) is 5.41 Å². The molecule has 1 aromatic rings. The van der Waals surface area contributed by atoms with E-state index < -0.39 is 0 Å². The standard InChI is InChI=1S/C19H31N/c1-3-5-7-14-18(20-4-2)19(15-10-11-16-19)17-12-8-6-9-13-17/h6,8-9,12-13,18,20H,3-5,7,10-11,14-16H2,1-2H3. The van der Waals surface area contributed by atoms with Crippen LogP contribution in [0.25, 0.3) is 0 Å². The van der Waals surface area contributed by atoms with E-state index in [0.29, 0.717) is 11.5 Å². The van der Waals surface area contributed by atoms with Crippen molar-refractivity contribution in [1.29, 1.82) is 0 Å². The van der Waals surface area contributed by atoms with Crippen LogP contribution < -0.4 is 5.32 Å². The molecule has 1 saturated carbocycles. The highest BCUT2D eigenvalue weighted by atomic mass is 14.9. The Morgan fingerprint density at radius 3 is 2.35 bits per heavy atom. The van der Waals surface area contributed by atoms with Crippen molar-refractivity contribution in [3.63, 3.8) is 0 Å². The maximum absolute atomic E-state index is 3.82. The van der Waals surface area contributed by atoms with E-state index in [0.717, 1.165) is 6.54 Å². The summed E-state index contributed by atoms with van der Waals surface area (Å²) < 4.78 is 0. The van der Waals surface area contributed by atoms with Crippen molar-refractivity contribution in [3.8, 4) is 0 Å². The predicted octanol–water partition coefficient (Wildman–Crippen LogP) is 5.06. The Hall–Kier alpha value is -0.820. The van der Waals surface area contributed by atoms with Crippen LogP contribution in [0.3, 0.4) is 0 Å². The van der Waals surface area contributed by atoms with E-state index in [-0.39, 0.29) is 0 Å². The Morgan fingerprint density at radius 2 is 1.75 bits per heavy atom. The molecular weight excluding hydrogens is 242 g/mol. The van der Waals surface area contributed by atoms with Crippen molar-refractivity contribution in [2.75, 3.05) is 6.54 Å². The fourth-order valence-electron chi connectivity index (χ4n) is 4.03. The zero-order valence-electron chi connectivity index (χ0n) is 13.3. The second kappa shape index (κ2) is 7.83. The minimum atomic E-state index is 0.394. The highest BCUT2D eigenvalue weighted by molar-refractivity contribution is 5.29. The summed E-state index contributed by atoms with van der Waals surface area (Å²) in [5, 5.41) is 3.82. The van der Waals surface area contributed by atoms with Gasteiger partial charge in [-0.15, -0.1) is 0 Å². The van der Waals surface area contributed by atoms with Gasteiger partial charge < -0.3 is 5.32 Å². The minimum absolute atomic E-state index is 0.394. The van der Waals surface area contributed by atoms with Crippen LogP contribution in [0.5, 0.6) is 0 Å². The van der Waals surface area contributed by atoms with Gasteiger partial charge in [0.2, 0.25) is 0 Å². The van der Waals surface area contributed by atoms with E-state index in [1.807, 2.05) is 0 Å². The normalized spacial score (nSPS) is 19.1. The van der Waals surface area contributed by atoms with E-state index >= 15 is 0 Å². The zero-order chi connectivity index (χ0) is 14.3. The molecule has 0 radical (unpaired) electrons. The zero-order valence-corrected chi connectivity index (χ0v) is 13.3. The van der Waals surface area contributed by atoms with Crippen molar-refractivity contribution in [2.24, 2.45) is 0 Å². The molecule has 0 saturated heterocycles. The quantitative estimate of drug-likeness (QED) is 0.653. The number of benzene rings is 1. The van der Waals surface area contributed by atoms with E-state index in [1.165, 1.54) is 51.4 Å². The molecule has 0 spiro atoms. The molecule has 1 unspecified atom stereocenters. The Kier molecular flexibility index (Phi) is 6.09. The van der Waals surface area contributed by atoms with Crippen molar-refractivity contribution in [2.45, 2.75) is 76.7 Å². The lowest BCUT2D eigenvalue weighted by molar-refractivity contribution is 0.278. The summed E-state index contributed by atoms with van der Waals surface area (Å²) in [4.78, 5) is 0. The summed E-state index contributed by atoms with van der Waals surface area (Å²) in [7, 11) is 0. The molecule has 1 atom stereocenters. The van der Waals surface area contributed by atoms with Crippen LogP contribution in [0, 0.1) is 0 Å². The van der Waals surface area contributed by atoms with Crippen LogP contribution in [0.4, 0.5) is 0 Å². The molecule has 0 amide bonds. The third-order valence-corrected chi connectivity index (χ3v) is 5.06. The molecule has 1 nitrogen and oxygen atoms in total. The van der Waals surface area contributed by atoms with E-state index in [1.54, 1.807) is 5.56 Å². The molecule has 1 aliphatic rings. The molecule has 112 valence electrons. The number of hydrogen-bond donors (Lipinski definition) is 1. The molecule has 1 N–H and O–H groups in total. The molecule has 1 fully saturated rings. The average Bonchev–Trinajstić information content (AvgIpc) is 2.98. The van der Waals surface area contributed by atoms with Gasteiger partial charge in [0.05, 0.1) is 0 Å². The number of unbranched alkanes of at least 4 members (excludes halogenated alkanes) is 2. The number of nitrogens with one attached hydrogen (secondary N) is 1.